The molecule has 0 saturated heterocycles. The Kier molecular flexibility index (Phi) is 2.33. The molecule has 2 aromatic heterocycles. The highest BCUT2D eigenvalue weighted by atomic mass is 16.1. The van der Waals surface area contributed by atoms with Crippen LogP contribution in [0.4, 0.5) is 0 Å². The molecule has 20 heavy (non-hydrogen) atoms. The Bertz CT molecular complexity index is 873. The van der Waals surface area contributed by atoms with Gasteiger partial charge in [0.25, 0.3) is 5.56 Å². The highest BCUT2D eigenvalue weighted by molar-refractivity contribution is 5.90. The van der Waals surface area contributed by atoms with Gasteiger partial charge in [0.2, 0.25) is 0 Å². The fourth-order valence-electron chi connectivity index (χ4n) is 3.18. The summed E-state index contributed by atoms with van der Waals surface area (Å²) >= 11 is 0. The molecule has 4 rings (SSSR count). The number of aryl methyl sites for hydroxylation is 2. The fourth-order valence-corrected chi connectivity index (χ4v) is 3.18. The zero-order valence-electron chi connectivity index (χ0n) is 11.3. The summed E-state index contributed by atoms with van der Waals surface area (Å²) in [4.78, 5) is 19.4. The summed E-state index contributed by atoms with van der Waals surface area (Å²) in [6, 6.07) is 9.95. The predicted molar refractivity (Wildman–Crippen MR) is 78.9 cm³/mol. The molecule has 3 heterocycles. The van der Waals surface area contributed by atoms with Crippen molar-refractivity contribution in [2.75, 3.05) is 0 Å². The van der Waals surface area contributed by atoms with Gasteiger partial charge in [0.05, 0.1) is 11.4 Å². The Labute approximate surface area is 116 Å². The summed E-state index contributed by atoms with van der Waals surface area (Å²) < 4.78 is 2.17. The molecular formula is C16H15N3O. The third-order valence-electron chi connectivity index (χ3n) is 4.07. The van der Waals surface area contributed by atoms with Gasteiger partial charge < -0.3 is 9.55 Å². The largest absolute Gasteiger partial charge is 0.353 e. The van der Waals surface area contributed by atoms with Crippen molar-refractivity contribution in [2.24, 2.45) is 0 Å². The Morgan fingerprint density at radius 2 is 2.20 bits per heavy atom. The molecular weight excluding hydrogens is 250 g/mol. The summed E-state index contributed by atoms with van der Waals surface area (Å²) in [7, 11) is 0. The highest BCUT2D eigenvalue weighted by Crippen LogP contribution is 2.34. The minimum atomic E-state index is -0.153. The molecule has 1 N–H and O–H groups in total. The molecule has 0 saturated carbocycles. The third-order valence-corrected chi connectivity index (χ3v) is 4.07. The Morgan fingerprint density at radius 1 is 1.35 bits per heavy atom. The number of aromatic nitrogens is 3. The number of hydrogen-bond donors (Lipinski definition) is 1. The van der Waals surface area contributed by atoms with E-state index in [1.165, 1.54) is 10.9 Å². The molecule has 0 amide bonds. The number of nitrogens with one attached hydrogen (secondary N) is 1. The second kappa shape index (κ2) is 4.07. The van der Waals surface area contributed by atoms with Gasteiger partial charge in [-0.2, -0.15) is 4.98 Å². The van der Waals surface area contributed by atoms with Crippen molar-refractivity contribution in [2.45, 2.75) is 26.3 Å². The van der Waals surface area contributed by atoms with E-state index in [1.54, 1.807) is 6.07 Å². The van der Waals surface area contributed by atoms with Gasteiger partial charge in [-0.25, -0.2) is 0 Å². The van der Waals surface area contributed by atoms with E-state index in [1.807, 2.05) is 13.0 Å². The number of nitrogens with zero attached hydrogens (tertiary/aromatic N) is 2. The lowest BCUT2D eigenvalue weighted by Crippen LogP contribution is -2.22. The van der Waals surface area contributed by atoms with E-state index in [4.69, 9.17) is 0 Å². The molecule has 1 aromatic carbocycles. The summed E-state index contributed by atoms with van der Waals surface area (Å²) in [5, 5.41) is 1.26. The van der Waals surface area contributed by atoms with Crippen LogP contribution >= 0.6 is 0 Å². The quantitative estimate of drug-likeness (QED) is 0.735. The topological polar surface area (TPSA) is 50.7 Å². The molecule has 0 atom stereocenters. The molecule has 4 nitrogen and oxygen atoms in total. The maximum atomic E-state index is 11.8. The molecule has 0 spiro atoms. The Morgan fingerprint density at radius 3 is 3.05 bits per heavy atom. The minimum absolute atomic E-state index is 0.153. The molecule has 1 aliphatic heterocycles. The first-order valence-corrected chi connectivity index (χ1v) is 6.98. The van der Waals surface area contributed by atoms with Gasteiger partial charge in [0.15, 0.2) is 0 Å². The van der Waals surface area contributed by atoms with Gasteiger partial charge in [0, 0.05) is 29.9 Å². The van der Waals surface area contributed by atoms with Crippen LogP contribution in [0.15, 0.2) is 35.1 Å². The van der Waals surface area contributed by atoms with Crippen molar-refractivity contribution in [1.29, 1.82) is 0 Å². The lowest BCUT2D eigenvalue weighted by atomic mass is 10.0. The van der Waals surface area contributed by atoms with E-state index in [-0.39, 0.29) is 5.56 Å². The zero-order chi connectivity index (χ0) is 13.7. The minimum Gasteiger partial charge on any atom is -0.353 e. The van der Waals surface area contributed by atoms with E-state index in [9.17, 15) is 4.79 Å². The number of fused-ring (bicyclic) bond motifs is 5. The van der Waals surface area contributed by atoms with Crippen molar-refractivity contribution in [3.05, 3.63) is 52.1 Å². The van der Waals surface area contributed by atoms with Crippen LogP contribution in [0, 0.1) is 0 Å². The van der Waals surface area contributed by atoms with Crippen LogP contribution in [0.5, 0.6) is 0 Å². The van der Waals surface area contributed by atoms with Gasteiger partial charge in [-0.05, 0) is 18.1 Å². The van der Waals surface area contributed by atoms with Crippen LogP contribution in [0.25, 0.3) is 22.3 Å². The Balaban J connectivity index is 2.08. The summed E-state index contributed by atoms with van der Waals surface area (Å²) in [5.74, 6) is 0.872. The van der Waals surface area contributed by atoms with Gasteiger partial charge in [-0.3, -0.25) is 4.79 Å². The van der Waals surface area contributed by atoms with Crippen molar-refractivity contribution in [3.63, 3.8) is 0 Å². The van der Waals surface area contributed by atoms with Crippen LogP contribution < -0.4 is 5.56 Å². The second-order valence-electron chi connectivity index (χ2n) is 5.18. The molecule has 1 aliphatic rings. The molecule has 0 aliphatic carbocycles. The second-order valence-corrected chi connectivity index (χ2v) is 5.18. The number of H-pyrrole nitrogens is 1. The van der Waals surface area contributed by atoms with Crippen molar-refractivity contribution < 1.29 is 0 Å². The predicted octanol–water partition coefficient (Wildman–Crippen LogP) is 2.51. The molecule has 0 unspecified atom stereocenters. The monoisotopic (exact) mass is 265 g/mol. The van der Waals surface area contributed by atoms with Gasteiger partial charge in [-0.1, -0.05) is 25.1 Å². The summed E-state index contributed by atoms with van der Waals surface area (Å²) in [6.07, 6.45) is 1.75. The van der Waals surface area contributed by atoms with E-state index < -0.39 is 0 Å². The van der Waals surface area contributed by atoms with E-state index in [0.717, 1.165) is 42.1 Å². The molecule has 0 bridgehead atoms. The van der Waals surface area contributed by atoms with Gasteiger partial charge in [-0.15, -0.1) is 0 Å². The molecule has 3 aromatic rings. The molecule has 100 valence electrons. The number of para-hydroxylation sites is 1. The first-order valence-electron chi connectivity index (χ1n) is 6.98. The van der Waals surface area contributed by atoms with Gasteiger partial charge in [0.1, 0.15) is 5.82 Å². The summed E-state index contributed by atoms with van der Waals surface area (Å²) in [6.45, 7) is 2.93. The normalized spacial score (nSPS) is 13.2. The van der Waals surface area contributed by atoms with Crippen LogP contribution in [0.1, 0.15) is 18.3 Å². The standard InChI is InChI=1S/C16H15N3O/c1-2-14-18-15(20)9-13-16-11(7-8-19(13)14)10-5-3-4-6-12(10)17-16/h3-6,9,17H,2,7-8H2,1H3. The maximum Gasteiger partial charge on any atom is 0.273 e. The molecule has 4 heteroatoms. The van der Waals surface area contributed by atoms with E-state index in [0.29, 0.717) is 0 Å². The maximum absolute atomic E-state index is 11.8. The number of rotatable bonds is 1. The first kappa shape index (κ1) is 11.5. The summed E-state index contributed by atoms with van der Waals surface area (Å²) in [5.41, 5.74) is 4.34. The van der Waals surface area contributed by atoms with Crippen LogP contribution in [0.3, 0.4) is 0 Å². The van der Waals surface area contributed by atoms with Crippen LogP contribution in [-0.4, -0.2) is 14.5 Å². The fraction of sp³-hybridized carbons (Fsp3) is 0.250. The van der Waals surface area contributed by atoms with Crippen molar-refractivity contribution in [3.8, 4) is 11.4 Å². The molecule has 0 fully saturated rings. The zero-order valence-corrected chi connectivity index (χ0v) is 11.3. The number of aromatic amines is 1. The van der Waals surface area contributed by atoms with Crippen molar-refractivity contribution >= 4 is 10.9 Å². The molecule has 0 radical (unpaired) electrons. The van der Waals surface area contributed by atoms with Crippen LogP contribution in [-0.2, 0) is 19.4 Å². The lowest BCUT2D eigenvalue weighted by molar-refractivity contribution is 0.622. The SMILES string of the molecule is CCc1nc(=O)cc2n1CCc1c-2[nH]c2ccccc12. The third kappa shape index (κ3) is 1.48. The van der Waals surface area contributed by atoms with Crippen LogP contribution in [0.2, 0.25) is 0 Å². The van der Waals surface area contributed by atoms with Gasteiger partial charge >= 0.3 is 0 Å². The smallest absolute Gasteiger partial charge is 0.273 e. The van der Waals surface area contributed by atoms with E-state index in [2.05, 4.69) is 32.7 Å². The number of benzene rings is 1. The average Bonchev–Trinajstić information content (AvgIpc) is 2.85. The first-order chi connectivity index (χ1) is 9.78. The number of hydrogen-bond acceptors (Lipinski definition) is 2. The lowest BCUT2D eigenvalue weighted by Gasteiger charge is -2.21. The average molecular weight is 265 g/mol. The Hall–Kier alpha value is -2.36. The van der Waals surface area contributed by atoms with Crippen molar-refractivity contribution in [1.82, 2.24) is 14.5 Å². The van der Waals surface area contributed by atoms with E-state index >= 15 is 0 Å². The highest BCUT2D eigenvalue weighted by Gasteiger charge is 2.22.